The van der Waals surface area contributed by atoms with Gasteiger partial charge in [0, 0.05) is 18.8 Å². The highest BCUT2D eigenvalue weighted by atomic mass is 32.2. The van der Waals surface area contributed by atoms with E-state index in [2.05, 4.69) is 15.6 Å². The summed E-state index contributed by atoms with van der Waals surface area (Å²) in [5, 5.41) is 9.94. The largest absolute Gasteiger partial charge is 0.347 e. The monoisotopic (exact) mass is 275 g/mol. The molecular weight excluding hydrogens is 258 g/mol. The zero-order chi connectivity index (χ0) is 13.8. The molecule has 8 nitrogen and oxygen atoms in total. The van der Waals surface area contributed by atoms with Gasteiger partial charge in [0.15, 0.2) is 5.69 Å². The number of nitrogens with two attached hydrogens (primary N) is 1. The molecule has 0 aliphatic rings. The fourth-order valence-electron chi connectivity index (χ4n) is 1.44. The number of carbonyl (C=O) groups excluding carboxylic acids is 1. The minimum absolute atomic E-state index is 0.115. The molecular formula is C9H17N5O3S. The smallest absolute Gasteiger partial charge is 0.273 e. The van der Waals surface area contributed by atoms with Crippen molar-refractivity contribution < 1.29 is 13.2 Å². The third-order valence-corrected chi connectivity index (χ3v) is 3.17. The quantitative estimate of drug-likeness (QED) is 0.645. The fraction of sp³-hybridized carbons (Fsp3) is 0.667. The van der Waals surface area contributed by atoms with Gasteiger partial charge < -0.3 is 11.1 Å². The molecule has 1 unspecified atom stereocenters. The van der Waals surface area contributed by atoms with Crippen LogP contribution in [0.3, 0.4) is 0 Å². The lowest BCUT2D eigenvalue weighted by atomic mass is 10.3. The van der Waals surface area contributed by atoms with Gasteiger partial charge >= 0.3 is 0 Å². The van der Waals surface area contributed by atoms with Crippen LogP contribution in [0.4, 0.5) is 0 Å². The summed E-state index contributed by atoms with van der Waals surface area (Å²) in [7, 11) is -3.13. The van der Waals surface area contributed by atoms with Gasteiger partial charge in [0.05, 0.1) is 18.5 Å². The topological polar surface area (TPSA) is 120 Å². The van der Waals surface area contributed by atoms with Crippen molar-refractivity contribution in [2.45, 2.75) is 19.5 Å². The Bertz CT molecular complexity index is 510. The Labute approximate surface area is 105 Å². The van der Waals surface area contributed by atoms with Gasteiger partial charge in [0.2, 0.25) is 0 Å². The predicted octanol–water partition coefficient (Wildman–Crippen LogP) is -1.60. The molecule has 1 rings (SSSR count). The first-order valence-electron chi connectivity index (χ1n) is 5.40. The Morgan fingerprint density at radius 2 is 2.28 bits per heavy atom. The summed E-state index contributed by atoms with van der Waals surface area (Å²) in [6.45, 7) is 2.48. The van der Waals surface area contributed by atoms with Crippen molar-refractivity contribution in [1.82, 2.24) is 20.3 Å². The summed E-state index contributed by atoms with van der Waals surface area (Å²) in [5.41, 5.74) is 5.48. The van der Waals surface area contributed by atoms with Gasteiger partial charge in [-0.15, -0.1) is 5.10 Å². The Morgan fingerprint density at radius 3 is 2.83 bits per heavy atom. The van der Waals surface area contributed by atoms with Crippen molar-refractivity contribution >= 4 is 15.7 Å². The van der Waals surface area contributed by atoms with Gasteiger partial charge in [0.25, 0.3) is 5.91 Å². The van der Waals surface area contributed by atoms with E-state index < -0.39 is 21.8 Å². The molecule has 0 spiro atoms. The Hall–Kier alpha value is -1.48. The van der Waals surface area contributed by atoms with Crippen molar-refractivity contribution in [3.8, 4) is 0 Å². The van der Waals surface area contributed by atoms with Crippen LogP contribution in [0.5, 0.6) is 0 Å². The molecule has 0 saturated carbocycles. The second kappa shape index (κ2) is 5.91. The molecule has 0 fully saturated rings. The number of sulfone groups is 1. The molecule has 0 radical (unpaired) electrons. The van der Waals surface area contributed by atoms with Crippen molar-refractivity contribution in [2.24, 2.45) is 5.73 Å². The Balaban J connectivity index is 2.59. The number of amides is 1. The normalized spacial score (nSPS) is 13.3. The summed E-state index contributed by atoms with van der Waals surface area (Å²) < 4.78 is 23.6. The zero-order valence-electron chi connectivity index (χ0n) is 10.3. The van der Waals surface area contributed by atoms with E-state index in [9.17, 15) is 13.2 Å². The molecule has 0 aliphatic heterocycles. The first-order valence-corrected chi connectivity index (χ1v) is 7.46. The van der Waals surface area contributed by atoms with Crippen molar-refractivity contribution in [3.63, 3.8) is 0 Å². The zero-order valence-corrected chi connectivity index (χ0v) is 11.1. The van der Waals surface area contributed by atoms with Gasteiger partial charge in [-0.25, -0.2) is 8.42 Å². The van der Waals surface area contributed by atoms with Gasteiger partial charge in [-0.3, -0.25) is 9.48 Å². The van der Waals surface area contributed by atoms with E-state index in [0.717, 1.165) is 6.26 Å². The van der Waals surface area contributed by atoms with Crippen LogP contribution >= 0.6 is 0 Å². The molecule has 9 heteroatoms. The van der Waals surface area contributed by atoms with Crippen molar-refractivity contribution in [2.75, 3.05) is 18.6 Å². The minimum Gasteiger partial charge on any atom is -0.347 e. The average molecular weight is 275 g/mol. The molecule has 102 valence electrons. The molecule has 3 N–H and O–H groups in total. The number of carbonyl (C=O) groups is 1. The second-order valence-electron chi connectivity index (χ2n) is 4.12. The van der Waals surface area contributed by atoms with E-state index in [4.69, 9.17) is 5.73 Å². The molecule has 1 heterocycles. The fourth-order valence-corrected chi connectivity index (χ4v) is 2.43. The first kappa shape index (κ1) is 14.6. The van der Waals surface area contributed by atoms with Crippen molar-refractivity contribution in [1.29, 1.82) is 0 Å². The number of hydrogen-bond acceptors (Lipinski definition) is 6. The van der Waals surface area contributed by atoms with E-state index in [1.165, 1.54) is 10.9 Å². The average Bonchev–Trinajstić information content (AvgIpc) is 2.63. The predicted molar refractivity (Wildman–Crippen MR) is 65.7 cm³/mol. The summed E-state index contributed by atoms with van der Waals surface area (Å²) in [4.78, 5) is 11.7. The lowest BCUT2D eigenvalue weighted by Gasteiger charge is -2.10. The maximum atomic E-state index is 11.7. The van der Waals surface area contributed by atoms with Crippen LogP contribution in [0, 0.1) is 0 Å². The highest BCUT2D eigenvalue weighted by molar-refractivity contribution is 7.90. The highest BCUT2D eigenvalue weighted by Gasteiger charge is 2.16. The lowest BCUT2D eigenvalue weighted by Crippen LogP contribution is -2.37. The molecule has 1 aromatic rings. The van der Waals surface area contributed by atoms with Gasteiger partial charge in [-0.05, 0) is 6.92 Å². The number of aromatic nitrogens is 3. The molecule has 1 aromatic heterocycles. The van der Waals surface area contributed by atoms with Crippen LogP contribution in [0.2, 0.25) is 0 Å². The SMILES string of the molecule is CC(CS(C)(=O)=O)NC(=O)c1cn(CCN)nn1. The molecule has 0 bridgehead atoms. The molecule has 1 atom stereocenters. The highest BCUT2D eigenvalue weighted by Crippen LogP contribution is 1.96. The molecule has 0 aromatic carbocycles. The van der Waals surface area contributed by atoms with Crippen LogP contribution in [0.15, 0.2) is 6.20 Å². The number of nitrogens with zero attached hydrogens (tertiary/aromatic N) is 3. The molecule has 0 aliphatic carbocycles. The van der Waals surface area contributed by atoms with Crippen LogP contribution in [-0.4, -0.2) is 53.9 Å². The standard InChI is InChI=1S/C9H17N5O3S/c1-7(6-18(2,16)17)11-9(15)8-5-14(4-3-10)13-12-8/h5,7H,3-4,6,10H2,1-2H3,(H,11,15). The lowest BCUT2D eigenvalue weighted by molar-refractivity contribution is 0.0938. The van der Waals surface area contributed by atoms with Crippen LogP contribution in [-0.2, 0) is 16.4 Å². The van der Waals surface area contributed by atoms with Crippen LogP contribution in [0.1, 0.15) is 17.4 Å². The van der Waals surface area contributed by atoms with E-state index in [1.807, 2.05) is 0 Å². The Kier molecular flexibility index (Phi) is 4.79. The Morgan fingerprint density at radius 1 is 1.61 bits per heavy atom. The van der Waals surface area contributed by atoms with E-state index in [-0.39, 0.29) is 11.4 Å². The maximum absolute atomic E-state index is 11.7. The summed E-state index contributed by atoms with van der Waals surface area (Å²) >= 11 is 0. The summed E-state index contributed by atoms with van der Waals surface area (Å²) in [6, 6.07) is -0.479. The van der Waals surface area contributed by atoms with E-state index in [0.29, 0.717) is 13.1 Å². The van der Waals surface area contributed by atoms with E-state index in [1.54, 1.807) is 6.92 Å². The summed E-state index contributed by atoms with van der Waals surface area (Å²) in [5.74, 6) is -0.565. The third kappa shape index (κ3) is 4.80. The van der Waals surface area contributed by atoms with Crippen LogP contribution in [0.25, 0.3) is 0 Å². The van der Waals surface area contributed by atoms with E-state index >= 15 is 0 Å². The number of nitrogens with one attached hydrogen (secondary N) is 1. The number of hydrogen-bond donors (Lipinski definition) is 2. The van der Waals surface area contributed by atoms with Gasteiger partial charge in [-0.2, -0.15) is 0 Å². The van der Waals surface area contributed by atoms with Crippen molar-refractivity contribution in [3.05, 3.63) is 11.9 Å². The summed E-state index contributed by atoms with van der Waals surface area (Å²) in [6.07, 6.45) is 2.59. The third-order valence-electron chi connectivity index (χ3n) is 2.06. The van der Waals surface area contributed by atoms with Crippen LogP contribution < -0.4 is 11.1 Å². The minimum atomic E-state index is -3.13. The van der Waals surface area contributed by atoms with Gasteiger partial charge in [-0.1, -0.05) is 5.21 Å². The first-order chi connectivity index (χ1) is 8.31. The molecule has 1 amide bonds. The van der Waals surface area contributed by atoms with Gasteiger partial charge in [0.1, 0.15) is 9.84 Å². The number of rotatable bonds is 6. The molecule has 18 heavy (non-hydrogen) atoms. The maximum Gasteiger partial charge on any atom is 0.273 e. The molecule has 0 saturated heterocycles. The second-order valence-corrected chi connectivity index (χ2v) is 6.31.